The number of carbonyl (C=O) groups is 1. The standard InChI is InChI=1S/C13H19N3O2/c1-9(17)11-3-2-6-15-13(11)16-7-4-10(5-8-16)12(14)18/h2-3,6,9-10,17H,4-5,7-8H2,1H3,(H2,14,18)/t9-/m1/s1. The summed E-state index contributed by atoms with van der Waals surface area (Å²) in [4.78, 5) is 17.6. The van der Waals surface area contributed by atoms with Crippen molar-refractivity contribution < 1.29 is 9.90 Å². The largest absolute Gasteiger partial charge is 0.389 e. The monoisotopic (exact) mass is 249 g/mol. The van der Waals surface area contributed by atoms with Gasteiger partial charge in [0.2, 0.25) is 5.91 Å². The van der Waals surface area contributed by atoms with Crippen molar-refractivity contribution >= 4 is 11.7 Å². The zero-order valence-electron chi connectivity index (χ0n) is 10.5. The van der Waals surface area contributed by atoms with Crippen LogP contribution in [0, 0.1) is 5.92 Å². The van der Waals surface area contributed by atoms with Crippen LogP contribution in [0.1, 0.15) is 31.4 Å². The molecular formula is C13H19N3O2. The Morgan fingerprint density at radius 2 is 2.22 bits per heavy atom. The highest BCUT2D eigenvalue weighted by molar-refractivity contribution is 5.77. The second-order valence-electron chi connectivity index (χ2n) is 4.76. The number of pyridine rings is 1. The summed E-state index contributed by atoms with van der Waals surface area (Å²) >= 11 is 0. The molecule has 0 aromatic carbocycles. The van der Waals surface area contributed by atoms with Gasteiger partial charge < -0.3 is 15.7 Å². The second kappa shape index (κ2) is 5.35. The minimum atomic E-state index is -0.539. The third-order valence-electron chi connectivity index (χ3n) is 3.46. The molecule has 0 unspecified atom stereocenters. The van der Waals surface area contributed by atoms with E-state index in [1.165, 1.54) is 0 Å². The Morgan fingerprint density at radius 3 is 2.78 bits per heavy atom. The van der Waals surface area contributed by atoms with E-state index in [1.807, 2.05) is 12.1 Å². The summed E-state index contributed by atoms with van der Waals surface area (Å²) in [7, 11) is 0. The number of nitrogens with two attached hydrogens (primary N) is 1. The molecule has 1 aromatic rings. The van der Waals surface area contributed by atoms with Crippen molar-refractivity contribution in [2.24, 2.45) is 11.7 Å². The van der Waals surface area contributed by atoms with Gasteiger partial charge in [0.1, 0.15) is 5.82 Å². The van der Waals surface area contributed by atoms with Crippen molar-refractivity contribution in [3.05, 3.63) is 23.9 Å². The molecule has 0 spiro atoms. The Morgan fingerprint density at radius 1 is 1.56 bits per heavy atom. The van der Waals surface area contributed by atoms with Gasteiger partial charge in [-0.25, -0.2) is 4.98 Å². The molecule has 3 N–H and O–H groups in total. The fourth-order valence-corrected chi connectivity index (χ4v) is 2.38. The maximum absolute atomic E-state index is 11.1. The quantitative estimate of drug-likeness (QED) is 0.831. The third-order valence-corrected chi connectivity index (χ3v) is 3.46. The van der Waals surface area contributed by atoms with E-state index < -0.39 is 6.10 Å². The van der Waals surface area contributed by atoms with E-state index in [4.69, 9.17) is 5.73 Å². The Bertz CT molecular complexity index is 426. The van der Waals surface area contributed by atoms with E-state index in [1.54, 1.807) is 13.1 Å². The summed E-state index contributed by atoms with van der Waals surface area (Å²) in [6.45, 7) is 3.24. The normalized spacial score (nSPS) is 18.7. The number of rotatable bonds is 3. The maximum Gasteiger partial charge on any atom is 0.220 e. The lowest BCUT2D eigenvalue weighted by atomic mass is 9.96. The highest BCUT2D eigenvalue weighted by Crippen LogP contribution is 2.27. The van der Waals surface area contributed by atoms with Crippen LogP contribution in [0.25, 0.3) is 0 Å². The maximum atomic E-state index is 11.1. The number of anilines is 1. The molecular weight excluding hydrogens is 230 g/mol. The Balaban J connectivity index is 2.12. The van der Waals surface area contributed by atoms with Gasteiger partial charge >= 0.3 is 0 Å². The van der Waals surface area contributed by atoms with Gasteiger partial charge in [-0.15, -0.1) is 0 Å². The molecule has 1 fully saturated rings. The van der Waals surface area contributed by atoms with Crippen LogP contribution < -0.4 is 10.6 Å². The van der Waals surface area contributed by atoms with Crippen LogP contribution in [0.4, 0.5) is 5.82 Å². The topological polar surface area (TPSA) is 79.5 Å². The molecule has 1 aliphatic rings. The lowest BCUT2D eigenvalue weighted by molar-refractivity contribution is -0.122. The fourth-order valence-electron chi connectivity index (χ4n) is 2.38. The number of aliphatic hydroxyl groups excluding tert-OH is 1. The van der Waals surface area contributed by atoms with Gasteiger partial charge in [0.25, 0.3) is 0 Å². The Hall–Kier alpha value is -1.62. The first kappa shape index (κ1) is 12.8. The number of aliphatic hydroxyl groups is 1. The number of amides is 1. The van der Waals surface area contributed by atoms with Gasteiger partial charge in [-0.2, -0.15) is 0 Å². The Kier molecular flexibility index (Phi) is 3.81. The summed E-state index contributed by atoms with van der Waals surface area (Å²) in [5.41, 5.74) is 6.15. The molecule has 1 atom stereocenters. The van der Waals surface area contributed by atoms with Crippen molar-refractivity contribution in [3.8, 4) is 0 Å². The number of nitrogens with zero attached hydrogens (tertiary/aromatic N) is 2. The van der Waals surface area contributed by atoms with Gasteiger partial charge in [0.05, 0.1) is 6.10 Å². The molecule has 18 heavy (non-hydrogen) atoms. The number of aromatic nitrogens is 1. The summed E-state index contributed by atoms with van der Waals surface area (Å²) in [6, 6.07) is 3.70. The molecule has 0 saturated carbocycles. The minimum absolute atomic E-state index is 0.0278. The van der Waals surface area contributed by atoms with Crippen LogP contribution in [0.3, 0.4) is 0 Å². The average Bonchev–Trinajstić information content (AvgIpc) is 2.39. The van der Waals surface area contributed by atoms with E-state index >= 15 is 0 Å². The predicted molar refractivity (Wildman–Crippen MR) is 69.0 cm³/mol. The molecule has 0 aliphatic carbocycles. The van der Waals surface area contributed by atoms with Crippen molar-refractivity contribution in [1.82, 2.24) is 4.98 Å². The molecule has 2 heterocycles. The summed E-state index contributed by atoms with van der Waals surface area (Å²) in [5.74, 6) is 0.571. The van der Waals surface area contributed by atoms with E-state index in [0.717, 1.165) is 37.3 Å². The summed E-state index contributed by atoms with van der Waals surface area (Å²) in [6.07, 6.45) is 2.69. The lowest BCUT2D eigenvalue weighted by Crippen LogP contribution is -2.39. The molecule has 5 nitrogen and oxygen atoms in total. The fraction of sp³-hybridized carbons (Fsp3) is 0.538. The van der Waals surface area contributed by atoms with Crippen LogP contribution in [-0.4, -0.2) is 29.1 Å². The van der Waals surface area contributed by atoms with E-state index in [9.17, 15) is 9.90 Å². The Labute approximate surface area is 107 Å². The van der Waals surface area contributed by atoms with Gasteiger partial charge in [0.15, 0.2) is 0 Å². The van der Waals surface area contributed by atoms with Crippen molar-refractivity contribution in [3.63, 3.8) is 0 Å². The van der Waals surface area contributed by atoms with Crippen LogP contribution in [-0.2, 0) is 4.79 Å². The molecule has 1 saturated heterocycles. The molecule has 1 amide bonds. The average molecular weight is 249 g/mol. The smallest absolute Gasteiger partial charge is 0.220 e. The third kappa shape index (κ3) is 2.61. The summed E-state index contributed by atoms with van der Waals surface area (Å²) in [5, 5.41) is 9.73. The zero-order chi connectivity index (χ0) is 13.1. The molecule has 98 valence electrons. The van der Waals surface area contributed by atoms with Gasteiger partial charge in [0, 0.05) is 30.8 Å². The van der Waals surface area contributed by atoms with Crippen molar-refractivity contribution in [2.75, 3.05) is 18.0 Å². The first-order valence-electron chi connectivity index (χ1n) is 6.27. The van der Waals surface area contributed by atoms with Crippen LogP contribution in [0.2, 0.25) is 0 Å². The number of primary amides is 1. The van der Waals surface area contributed by atoms with E-state index in [-0.39, 0.29) is 11.8 Å². The van der Waals surface area contributed by atoms with Gasteiger partial charge in [-0.3, -0.25) is 4.79 Å². The molecule has 1 aliphatic heterocycles. The van der Waals surface area contributed by atoms with Crippen molar-refractivity contribution in [1.29, 1.82) is 0 Å². The highest BCUT2D eigenvalue weighted by atomic mass is 16.3. The molecule has 5 heteroatoms. The van der Waals surface area contributed by atoms with Crippen LogP contribution >= 0.6 is 0 Å². The SMILES string of the molecule is C[C@@H](O)c1cccnc1N1CCC(C(N)=O)CC1. The summed E-state index contributed by atoms with van der Waals surface area (Å²) < 4.78 is 0. The second-order valence-corrected chi connectivity index (χ2v) is 4.76. The number of piperidine rings is 1. The number of hydrogen-bond acceptors (Lipinski definition) is 4. The molecule has 2 rings (SSSR count). The molecule has 0 radical (unpaired) electrons. The molecule has 0 bridgehead atoms. The van der Waals surface area contributed by atoms with Gasteiger partial charge in [-0.1, -0.05) is 6.07 Å². The first-order chi connectivity index (χ1) is 8.59. The zero-order valence-corrected chi connectivity index (χ0v) is 10.5. The van der Waals surface area contributed by atoms with Gasteiger partial charge in [-0.05, 0) is 25.8 Å². The molecule has 1 aromatic heterocycles. The van der Waals surface area contributed by atoms with Crippen molar-refractivity contribution in [2.45, 2.75) is 25.9 Å². The lowest BCUT2D eigenvalue weighted by Gasteiger charge is -2.33. The predicted octanol–water partition coefficient (Wildman–Crippen LogP) is 0.837. The number of hydrogen-bond donors (Lipinski definition) is 2. The first-order valence-corrected chi connectivity index (χ1v) is 6.27. The van der Waals surface area contributed by atoms with Crippen LogP contribution in [0.5, 0.6) is 0 Å². The number of carbonyl (C=O) groups excluding carboxylic acids is 1. The van der Waals surface area contributed by atoms with E-state index in [0.29, 0.717) is 0 Å². The van der Waals surface area contributed by atoms with E-state index in [2.05, 4.69) is 9.88 Å². The van der Waals surface area contributed by atoms with Crippen LogP contribution in [0.15, 0.2) is 18.3 Å². The highest BCUT2D eigenvalue weighted by Gasteiger charge is 2.25. The minimum Gasteiger partial charge on any atom is -0.389 e.